The topological polar surface area (TPSA) is 41.6 Å². The van der Waals surface area contributed by atoms with Gasteiger partial charge in [-0.1, -0.05) is 26.0 Å². The summed E-state index contributed by atoms with van der Waals surface area (Å²) in [5.41, 5.74) is 1.24. The molecule has 0 aliphatic carbocycles. The lowest BCUT2D eigenvalue weighted by Crippen LogP contribution is -2.38. The van der Waals surface area contributed by atoms with Crippen molar-refractivity contribution in [2.75, 3.05) is 26.7 Å². The molecule has 1 atom stereocenters. The summed E-state index contributed by atoms with van der Waals surface area (Å²) in [7, 11) is 1.68. The molecule has 124 valence electrons. The maximum Gasteiger partial charge on any atom is 0.222 e. The first-order valence-corrected chi connectivity index (χ1v) is 7.77. The first-order chi connectivity index (χ1) is 10.1. The van der Waals surface area contributed by atoms with E-state index in [4.69, 9.17) is 4.74 Å². The maximum atomic E-state index is 11.8. The number of nitrogens with zero attached hydrogens (tertiary/aromatic N) is 1. The van der Waals surface area contributed by atoms with E-state index in [1.54, 1.807) is 7.11 Å². The van der Waals surface area contributed by atoms with E-state index in [-0.39, 0.29) is 30.3 Å². The fourth-order valence-corrected chi connectivity index (χ4v) is 2.74. The summed E-state index contributed by atoms with van der Waals surface area (Å²) in [4.78, 5) is 14.3. The van der Waals surface area contributed by atoms with Crippen LogP contribution < -0.4 is 10.1 Å². The standard InChI is InChI=1S/C17H26N2O2.ClH/c1-13(2)17(20)18-12-16(19-10-4-5-11-19)14-6-8-15(21-3)9-7-14;/h6-9,13,16H,4-5,10-12H2,1-3H3,(H,18,20);1H. The molecule has 1 fully saturated rings. The number of likely N-dealkylation sites (tertiary alicyclic amines) is 1. The minimum absolute atomic E-state index is 0. The number of halogens is 1. The molecule has 1 aliphatic heterocycles. The fraction of sp³-hybridized carbons (Fsp3) is 0.588. The van der Waals surface area contributed by atoms with Crippen LogP contribution in [0.4, 0.5) is 0 Å². The number of carbonyl (C=O) groups is 1. The number of carbonyl (C=O) groups excluding carboxylic acids is 1. The van der Waals surface area contributed by atoms with Gasteiger partial charge < -0.3 is 10.1 Å². The van der Waals surface area contributed by atoms with Gasteiger partial charge in [-0.15, -0.1) is 12.4 Å². The van der Waals surface area contributed by atoms with Crippen LogP contribution in [0, 0.1) is 5.92 Å². The van der Waals surface area contributed by atoms with Crippen LogP contribution >= 0.6 is 12.4 Å². The lowest BCUT2D eigenvalue weighted by molar-refractivity contribution is -0.124. The van der Waals surface area contributed by atoms with E-state index in [2.05, 4.69) is 22.3 Å². The highest BCUT2D eigenvalue weighted by molar-refractivity contribution is 5.85. The normalized spacial score (nSPS) is 16.2. The summed E-state index contributed by atoms with van der Waals surface area (Å²) < 4.78 is 5.22. The highest BCUT2D eigenvalue weighted by Gasteiger charge is 2.24. The van der Waals surface area contributed by atoms with Gasteiger partial charge in [-0.05, 0) is 43.6 Å². The zero-order valence-electron chi connectivity index (χ0n) is 13.7. The predicted molar refractivity (Wildman–Crippen MR) is 91.6 cm³/mol. The molecule has 1 aliphatic rings. The largest absolute Gasteiger partial charge is 0.497 e. The van der Waals surface area contributed by atoms with E-state index in [1.807, 2.05) is 26.0 Å². The second-order valence-electron chi connectivity index (χ2n) is 5.93. The molecule has 1 aromatic carbocycles. The minimum Gasteiger partial charge on any atom is -0.497 e. The smallest absolute Gasteiger partial charge is 0.222 e. The Morgan fingerprint density at radius 3 is 2.32 bits per heavy atom. The average Bonchev–Trinajstić information content (AvgIpc) is 3.02. The van der Waals surface area contributed by atoms with Crippen molar-refractivity contribution in [1.29, 1.82) is 0 Å². The third kappa shape index (κ3) is 4.89. The third-order valence-corrected chi connectivity index (χ3v) is 4.08. The third-order valence-electron chi connectivity index (χ3n) is 4.08. The number of hydrogen-bond donors (Lipinski definition) is 1. The molecule has 1 unspecified atom stereocenters. The zero-order chi connectivity index (χ0) is 15.2. The zero-order valence-corrected chi connectivity index (χ0v) is 14.5. The Kier molecular flexibility index (Phi) is 7.69. The molecule has 0 spiro atoms. The van der Waals surface area contributed by atoms with Crippen LogP contribution in [0.15, 0.2) is 24.3 Å². The Balaban J connectivity index is 0.00000242. The van der Waals surface area contributed by atoms with E-state index in [9.17, 15) is 4.79 Å². The van der Waals surface area contributed by atoms with Gasteiger partial charge in [0.25, 0.3) is 0 Å². The molecule has 0 radical (unpaired) electrons. The number of ether oxygens (including phenoxy) is 1. The van der Waals surface area contributed by atoms with Gasteiger partial charge in [-0.25, -0.2) is 0 Å². The van der Waals surface area contributed by atoms with E-state index in [0.717, 1.165) is 18.8 Å². The second kappa shape index (κ2) is 9.01. The Morgan fingerprint density at radius 1 is 1.23 bits per heavy atom. The number of benzene rings is 1. The Hall–Kier alpha value is -1.26. The minimum atomic E-state index is 0. The van der Waals surface area contributed by atoms with Gasteiger partial charge in [0.2, 0.25) is 5.91 Å². The van der Waals surface area contributed by atoms with Crippen LogP contribution in [0.3, 0.4) is 0 Å². The highest BCUT2D eigenvalue weighted by Crippen LogP contribution is 2.26. The monoisotopic (exact) mass is 326 g/mol. The van der Waals surface area contributed by atoms with Gasteiger partial charge in [0, 0.05) is 12.5 Å². The van der Waals surface area contributed by atoms with Crippen LogP contribution in [0.25, 0.3) is 0 Å². The van der Waals surface area contributed by atoms with Crippen molar-refractivity contribution >= 4 is 18.3 Å². The average molecular weight is 327 g/mol. The quantitative estimate of drug-likeness (QED) is 0.873. The molecule has 1 amide bonds. The SMILES string of the molecule is COc1ccc(C(CNC(=O)C(C)C)N2CCCC2)cc1.Cl. The predicted octanol–water partition coefficient (Wildman–Crippen LogP) is 3.03. The van der Waals surface area contributed by atoms with Crippen molar-refractivity contribution < 1.29 is 9.53 Å². The van der Waals surface area contributed by atoms with Gasteiger partial charge in [0.15, 0.2) is 0 Å². The van der Waals surface area contributed by atoms with Crippen molar-refractivity contribution in [2.24, 2.45) is 5.92 Å². The molecule has 1 aromatic rings. The number of methoxy groups -OCH3 is 1. The second-order valence-corrected chi connectivity index (χ2v) is 5.93. The molecule has 1 saturated heterocycles. The number of hydrogen-bond acceptors (Lipinski definition) is 3. The molecule has 5 heteroatoms. The van der Waals surface area contributed by atoms with Crippen molar-refractivity contribution in [3.8, 4) is 5.75 Å². The van der Waals surface area contributed by atoms with Crippen LogP contribution in [0.1, 0.15) is 38.3 Å². The molecule has 0 bridgehead atoms. The number of rotatable bonds is 6. The van der Waals surface area contributed by atoms with Gasteiger partial charge in [0.05, 0.1) is 13.2 Å². The number of amides is 1. The summed E-state index contributed by atoms with van der Waals surface area (Å²) in [6.45, 7) is 6.73. The molecular formula is C17H27ClN2O2. The van der Waals surface area contributed by atoms with Crippen molar-refractivity contribution in [3.05, 3.63) is 29.8 Å². The first-order valence-electron chi connectivity index (χ1n) is 7.77. The van der Waals surface area contributed by atoms with Gasteiger partial charge in [-0.2, -0.15) is 0 Å². The van der Waals surface area contributed by atoms with Gasteiger partial charge in [-0.3, -0.25) is 9.69 Å². The Morgan fingerprint density at radius 2 is 1.82 bits per heavy atom. The van der Waals surface area contributed by atoms with Gasteiger partial charge in [0.1, 0.15) is 5.75 Å². The van der Waals surface area contributed by atoms with E-state index in [0.29, 0.717) is 6.54 Å². The van der Waals surface area contributed by atoms with Crippen molar-refractivity contribution in [2.45, 2.75) is 32.7 Å². The summed E-state index contributed by atoms with van der Waals surface area (Å²) >= 11 is 0. The number of nitrogens with one attached hydrogen (secondary N) is 1. The summed E-state index contributed by atoms with van der Waals surface area (Å²) in [5, 5.41) is 3.07. The summed E-state index contributed by atoms with van der Waals surface area (Å²) in [6, 6.07) is 8.43. The van der Waals surface area contributed by atoms with Crippen molar-refractivity contribution in [3.63, 3.8) is 0 Å². The molecule has 0 saturated carbocycles. The molecule has 2 rings (SSSR count). The van der Waals surface area contributed by atoms with Crippen molar-refractivity contribution in [1.82, 2.24) is 10.2 Å². The highest BCUT2D eigenvalue weighted by atomic mass is 35.5. The lowest BCUT2D eigenvalue weighted by Gasteiger charge is -2.28. The molecular weight excluding hydrogens is 300 g/mol. The Labute approximate surface area is 139 Å². The lowest BCUT2D eigenvalue weighted by atomic mass is 10.0. The van der Waals surface area contributed by atoms with E-state index >= 15 is 0 Å². The fourth-order valence-electron chi connectivity index (χ4n) is 2.74. The van der Waals surface area contributed by atoms with Crippen LogP contribution in [0.2, 0.25) is 0 Å². The molecule has 1 N–H and O–H groups in total. The van der Waals surface area contributed by atoms with Crippen LogP contribution in [0.5, 0.6) is 5.75 Å². The molecule has 22 heavy (non-hydrogen) atoms. The Bertz CT molecular complexity index is 456. The summed E-state index contributed by atoms with van der Waals surface area (Å²) in [6.07, 6.45) is 2.48. The maximum absolute atomic E-state index is 11.8. The molecule has 0 aromatic heterocycles. The first kappa shape index (κ1) is 18.8. The molecule has 1 heterocycles. The molecule has 4 nitrogen and oxygen atoms in total. The van der Waals surface area contributed by atoms with E-state index < -0.39 is 0 Å². The van der Waals surface area contributed by atoms with Crippen LogP contribution in [-0.2, 0) is 4.79 Å². The summed E-state index contributed by atoms with van der Waals surface area (Å²) in [5.74, 6) is 1.01. The van der Waals surface area contributed by atoms with Crippen LogP contribution in [-0.4, -0.2) is 37.6 Å². The van der Waals surface area contributed by atoms with Gasteiger partial charge >= 0.3 is 0 Å². The van der Waals surface area contributed by atoms with E-state index in [1.165, 1.54) is 18.4 Å².